The summed E-state index contributed by atoms with van der Waals surface area (Å²) in [5.74, 6) is 5.63. The monoisotopic (exact) mass is 406 g/mol. The molecule has 156 valence electrons. The summed E-state index contributed by atoms with van der Waals surface area (Å²) in [7, 11) is 0. The lowest BCUT2D eigenvalue weighted by Crippen LogP contribution is -2.45. The minimum atomic E-state index is -0.423. The predicted octanol–water partition coefficient (Wildman–Crippen LogP) is 3.03. The maximum absolute atomic E-state index is 13.5. The van der Waals surface area contributed by atoms with Crippen LogP contribution in [0.3, 0.4) is 0 Å². The zero-order valence-electron chi connectivity index (χ0n) is 17.4. The lowest BCUT2D eigenvalue weighted by molar-refractivity contribution is -0.121. The summed E-state index contributed by atoms with van der Waals surface area (Å²) in [5, 5.41) is 11.2. The summed E-state index contributed by atoms with van der Waals surface area (Å²) in [6.07, 6.45) is 0.578. The average molecular weight is 406 g/mol. The van der Waals surface area contributed by atoms with E-state index in [4.69, 9.17) is 5.84 Å². The predicted molar refractivity (Wildman–Crippen MR) is 117 cm³/mol. The number of anilines is 1. The number of benzene rings is 2. The molecule has 0 spiro atoms. The van der Waals surface area contributed by atoms with Crippen LogP contribution in [-0.2, 0) is 17.8 Å². The number of carbonyl (C=O) groups is 1. The van der Waals surface area contributed by atoms with Crippen molar-refractivity contribution in [3.05, 3.63) is 76.2 Å². The van der Waals surface area contributed by atoms with Gasteiger partial charge in [-0.2, -0.15) is 0 Å². The van der Waals surface area contributed by atoms with Crippen molar-refractivity contribution in [1.29, 1.82) is 0 Å². The number of rotatable bonds is 6. The number of nitrogens with two attached hydrogens (primary N) is 1. The van der Waals surface area contributed by atoms with E-state index < -0.39 is 5.56 Å². The van der Waals surface area contributed by atoms with Gasteiger partial charge in [-0.05, 0) is 31.0 Å². The van der Waals surface area contributed by atoms with Crippen LogP contribution < -0.4 is 16.4 Å². The van der Waals surface area contributed by atoms with E-state index in [-0.39, 0.29) is 23.3 Å². The third kappa shape index (κ3) is 4.26. The second kappa shape index (κ2) is 8.92. The van der Waals surface area contributed by atoms with E-state index >= 15 is 0 Å². The molecule has 0 atom stereocenters. The molecule has 0 saturated heterocycles. The molecule has 0 aliphatic carbocycles. The Hall–Kier alpha value is -3.45. The molecule has 1 heterocycles. The van der Waals surface area contributed by atoms with Gasteiger partial charge < -0.3 is 5.11 Å². The van der Waals surface area contributed by atoms with Crippen LogP contribution in [0, 0.1) is 12.8 Å². The molecule has 0 fully saturated rings. The Morgan fingerprint density at radius 3 is 2.40 bits per heavy atom. The molecule has 0 bridgehead atoms. The quantitative estimate of drug-likeness (QED) is 0.372. The fraction of sp³-hybridized carbons (Fsp3) is 0.261. The Kier molecular flexibility index (Phi) is 6.32. The van der Waals surface area contributed by atoms with Crippen LogP contribution in [0.15, 0.2) is 59.4 Å². The molecule has 3 rings (SSSR count). The molecule has 1 amide bonds. The van der Waals surface area contributed by atoms with Crippen LogP contribution in [0.4, 0.5) is 5.69 Å². The van der Waals surface area contributed by atoms with E-state index in [9.17, 15) is 14.7 Å². The number of hydrazine groups is 1. The van der Waals surface area contributed by atoms with Crippen LogP contribution >= 0.6 is 0 Å². The van der Waals surface area contributed by atoms with Crippen molar-refractivity contribution in [3.8, 4) is 17.1 Å². The first-order valence-corrected chi connectivity index (χ1v) is 9.83. The summed E-state index contributed by atoms with van der Waals surface area (Å²) >= 11 is 0. The number of carbonyl (C=O) groups excluding carboxylic acids is 1. The van der Waals surface area contributed by atoms with Crippen molar-refractivity contribution in [2.45, 2.75) is 33.7 Å². The minimum absolute atomic E-state index is 0.0212. The second-order valence-electron chi connectivity index (χ2n) is 7.44. The number of aryl methyl sites for hydroxylation is 2. The summed E-state index contributed by atoms with van der Waals surface area (Å²) < 4.78 is 1.47. The SMILES string of the molecule is Cc1nc(-c2ccccc2O)n(CCc2ccccc2)c(=O)c1N(N)C(=O)C(C)C. The van der Waals surface area contributed by atoms with E-state index in [1.54, 1.807) is 45.0 Å². The summed E-state index contributed by atoms with van der Waals surface area (Å²) in [6, 6.07) is 16.5. The molecule has 7 nitrogen and oxygen atoms in total. The standard InChI is InChI=1S/C23H26N4O3/c1-15(2)22(29)27(24)20-16(3)25-21(18-11-7-8-12-19(18)28)26(23(20)30)14-13-17-9-5-4-6-10-17/h4-12,15,28H,13-14,24H2,1-3H3. The first-order chi connectivity index (χ1) is 14.3. The van der Waals surface area contributed by atoms with Crippen molar-refractivity contribution in [2.75, 3.05) is 5.01 Å². The summed E-state index contributed by atoms with van der Waals surface area (Å²) in [5.41, 5.74) is 1.44. The molecule has 0 unspecified atom stereocenters. The summed E-state index contributed by atoms with van der Waals surface area (Å²) in [4.78, 5) is 30.5. The highest BCUT2D eigenvalue weighted by molar-refractivity contribution is 5.93. The zero-order chi connectivity index (χ0) is 21.8. The van der Waals surface area contributed by atoms with E-state index in [0.29, 0.717) is 30.0 Å². The molecule has 30 heavy (non-hydrogen) atoms. The first kappa shape index (κ1) is 21.3. The Balaban J connectivity index is 2.16. The van der Waals surface area contributed by atoms with Gasteiger partial charge in [-0.15, -0.1) is 0 Å². The van der Waals surface area contributed by atoms with Gasteiger partial charge in [0.25, 0.3) is 5.56 Å². The van der Waals surface area contributed by atoms with Gasteiger partial charge >= 0.3 is 0 Å². The highest BCUT2D eigenvalue weighted by Gasteiger charge is 2.25. The number of aromatic nitrogens is 2. The number of amides is 1. The normalized spacial score (nSPS) is 11.0. The van der Waals surface area contributed by atoms with Crippen LogP contribution in [0.2, 0.25) is 0 Å². The Morgan fingerprint density at radius 2 is 1.77 bits per heavy atom. The first-order valence-electron chi connectivity index (χ1n) is 9.83. The van der Waals surface area contributed by atoms with Gasteiger partial charge in [0.2, 0.25) is 5.91 Å². The lowest BCUT2D eigenvalue weighted by Gasteiger charge is -2.22. The molecular formula is C23H26N4O3. The van der Waals surface area contributed by atoms with Gasteiger partial charge in [0.05, 0.1) is 11.3 Å². The fourth-order valence-electron chi connectivity index (χ4n) is 3.28. The van der Waals surface area contributed by atoms with Gasteiger partial charge in [0.15, 0.2) is 0 Å². The molecule has 2 aromatic carbocycles. The van der Waals surface area contributed by atoms with Crippen LogP contribution in [0.5, 0.6) is 5.75 Å². The molecule has 3 aromatic rings. The number of phenols is 1. The molecule has 3 N–H and O–H groups in total. The molecule has 0 aliphatic rings. The number of hydrogen-bond acceptors (Lipinski definition) is 5. The van der Waals surface area contributed by atoms with E-state index in [0.717, 1.165) is 10.6 Å². The Labute approximate surface area is 175 Å². The molecule has 0 saturated carbocycles. The van der Waals surface area contributed by atoms with Crippen molar-refractivity contribution in [1.82, 2.24) is 9.55 Å². The van der Waals surface area contributed by atoms with Crippen molar-refractivity contribution < 1.29 is 9.90 Å². The Bertz CT molecular complexity index is 1110. The fourth-order valence-corrected chi connectivity index (χ4v) is 3.28. The van der Waals surface area contributed by atoms with Crippen LogP contribution in [0.1, 0.15) is 25.1 Å². The van der Waals surface area contributed by atoms with Gasteiger partial charge in [0, 0.05) is 12.5 Å². The van der Waals surface area contributed by atoms with Crippen molar-refractivity contribution in [3.63, 3.8) is 0 Å². The van der Waals surface area contributed by atoms with Crippen molar-refractivity contribution >= 4 is 11.6 Å². The highest BCUT2D eigenvalue weighted by atomic mass is 16.3. The largest absolute Gasteiger partial charge is 0.507 e. The van der Waals surface area contributed by atoms with Crippen LogP contribution in [-0.4, -0.2) is 20.6 Å². The maximum Gasteiger partial charge on any atom is 0.279 e. The molecule has 7 heteroatoms. The topological polar surface area (TPSA) is 101 Å². The highest BCUT2D eigenvalue weighted by Crippen LogP contribution is 2.28. The third-order valence-corrected chi connectivity index (χ3v) is 4.90. The van der Waals surface area contributed by atoms with Crippen LogP contribution in [0.25, 0.3) is 11.4 Å². The number of hydrogen-bond donors (Lipinski definition) is 2. The molecule has 0 aliphatic heterocycles. The van der Waals surface area contributed by atoms with Gasteiger partial charge in [-0.25, -0.2) is 15.8 Å². The molecule has 1 aromatic heterocycles. The number of nitrogens with zero attached hydrogens (tertiary/aromatic N) is 3. The van der Waals surface area contributed by atoms with E-state index in [1.807, 2.05) is 30.3 Å². The van der Waals surface area contributed by atoms with Gasteiger partial charge in [-0.1, -0.05) is 56.3 Å². The summed E-state index contributed by atoms with van der Waals surface area (Å²) in [6.45, 7) is 5.39. The number of para-hydroxylation sites is 1. The number of phenolic OH excluding ortho intramolecular Hbond substituents is 1. The van der Waals surface area contributed by atoms with Gasteiger partial charge in [0.1, 0.15) is 17.3 Å². The molecular weight excluding hydrogens is 380 g/mol. The second-order valence-corrected chi connectivity index (χ2v) is 7.44. The van der Waals surface area contributed by atoms with Gasteiger partial charge in [-0.3, -0.25) is 14.2 Å². The maximum atomic E-state index is 13.5. The Morgan fingerprint density at radius 1 is 1.13 bits per heavy atom. The zero-order valence-corrected chi connectivity index (χ0v) is 17.4. The van der Waals surface area contributed by atoms with E-state index in [2.05, 4.69) is 4.98 Å². The smallest absolute Gasteiger partial charge is 0.279 e. The van der Waals surface area contributed by atoms with E-state index in [1.165, 1.54) is 4.57 Å². The molecule has 0 radical (unpaired) electrons. The lowest BCUT2D eigenvalue weighted by atomic mass is 10.1. The minimum Gasteiger partial charge on any atom is -0.507 e. The van der Waals surface area contributed by atoms with Crippen molar-refractivity contribution in [2.24, 2.45) is 11.8 Å². The number of aromatic hydroxyl groups is 1. The average Bonchev–Trinajstić information content (AvgIpc) is 2.73. The third-order valence-electron chi connectivity index (χ3n) is 4.90.